The van der Waals surface area contributed by atoms with Gasteiger partial charge in [0.15, 0.2) is 10.9 Å². The maximum absolute atomic E-state index is 11.8. The second-order valence-electron chi connectivity index (χ2n) is 5.19. The average Bonchev–Trinajstić information content (AvgIpc) is 2.67. The van der Waals surface area contributed by atoms with Crippen molar-refractivity contribution in [2.24, 2.45) is 0 Å². The van der Waals surface area contributed by atoms with E-state index in [2.05, 4.69) is 21.8 Å². The van der Waals surface area contributed by atoms with Gasteiger partial charge < -0.3 is 9.80 Å². The van der Waals surface area contributed by atoms with Crippen molar-refractivity contribution in [3.05, 3.63) is 10.6 Å². The lowest BCUT2D eigenvalue weighted by Gasteiger charge is -2.19. The third-order valence-electron chi connectivity index (χ3n) is 3.75. The number of rotatable bonds is 1. The van der Waals surface area contributed by atoms with E-state index in [1.54, 1.807) is 11.3 Å². The molecule has 5 heteroatoms. The van der Waals surface area contributed by atoms with E-state index in [1.165, 1.54) is 11.3 Å². The third-order valence-corrected chi connectivity index (χ3v) is 4.92. The maximum Gasteiger partial charge on any atom is 0.186 e. The molecule has 0 bridgehead atoms. The Hall–Kier alpha value is -0.940. The lowest BCUT2D eigenvalue weighted by molar-refractivity contribution is 0.0968. The normalized spacial score (nSPS) is 21.8. The summed E-state index contributed by atoms with van der Waals surface area (Å²) in [5.41, 5.74) is 0.763. The Morgan fingerprint density at radius 2 is 2.00 bits per heavy atom. The number of likely N-dealkylation sites (N-methyl/N-ethyl adjacent to an activating group) is 1. The fourth-order valence-corrected chi connectivity index (χ4v) is 3.80. The van der Waals surface area contributed by atoms with E-state index in [0.717, 1.165) is 49.8 Å². The second-order valence-corrected chi connectivity index (χ2v) is 6.25. The van der Waals surface area contributed by atoms with Gasteiger partial charge in [-0.25, -0.2) is 4.98 Å². The number of fused-ring (bicyclic) bond motifs is 1. The van der Waals surface area contributed by atoms with Crippen molar-refractivity contribution in [2.45, 2.75) is 25.7 Å². The number of nitrogens with zero attached hydrogens (tertiary/aromatic N) is 3. The number of hydrogen-bond donors (Lipinski definition) is 0. The fraction of sp³-hybridized carbons (Fsp3) is 0.692. The van der Waals surface area contributed by atoms with Gasteiger partial charge in [-0.15, -0.1) is 11.3 Å². The number of Topliss-reactive ketones (excluding diaryl/α,β-unsaturated/α-hetero) is 1. The summed E-state index contributed by atoms with van der Waals surface area (Å²) in [7, 11) is 2.17. The highest BCUT2D eigenvalue weighted by Gasteiger charge is 2.24. The zero-order valence-corrected chi connectivity index (χ0v) is 11.6. The topological polar surface area (TPSA) is 36.4 Å². The molecule has 0 unspecified atom stereocenters. The van der Waals surface area contributed by atoms with Gasteiger partial charge in [0, 0.05) is 30.9 Å². The minimum Gasteiger partial charge on any atom is -0.347 e. The van der Waals surface area contributed by atoms with Crippen LogP contribution in [-0.4, -0.2) is 48.9 Å². The Morgan fingerprint density at radius 1 is 1.11 bits per heavy atom. The second kappa shape index (κ2) is 4.97. The summed E-state index contributed by atoms with van der Waals surface area (Å²) in [6.45, 7) is 4.32. The lowest BCUT2D eigenvalue weighted by Crippen LogP contribution is -2.28. The van der Waals surface area contributed by atoms with Gasteiger partial charge in [-0.3, -0.25) is 4.79 Å². The van der Waals surface area contributed by atoms with Crippen LogP contribution >= 0.6 is 11.3 Å². The summed E-state index contributed by atoms with van der Waals surface area (Å²) >= 11 is 1.73. The first-order valence-corrected chi connectivity index (χ1v) is 7.52. The molecule has 1 aromatic rings. The van der Waals surface area contributed by atoms with Gasteiger partial charge in [0.25, 0.3) is 0 Å². The van der Waals surface area contributed by atoms with Crippen molar-refractivity contribution in [3.63, 3.8) is 0 Å². The van der Waals surface area contributed by atoms with E-state index in [-0.39, 0.29) is 5.78 Å². The highest BCUT2D eigenvalue weighted by Crippen LogP contribution is 2.32. The van der Waals surface area contributed by atoms with E-state index < -0.39 is 0 Å². The number of anilines is 1. The van der Waals surface area contributed by atoms with Crippen molar-refractivity contribution < 1.29 is 4.79 Å². The van der Waals surface area contributed by atoms with Crippen molar-refractivity contribution in [1.29, 1.82) is 0 Å². The van der Waals surface area contributed by atoms with E-state index in [9.17, 15) is 4.79 Å². The van der Waals surface area contributed by atoms with Gasteiger partial charge in [-0.05, 0) is 32.9 Å². The average molecular weight is 265 g/mol. The molecule has 0 aromatic carbocycles. The SMILES string of the molecule is CN1CCCN(c2nc3c(s2)CCCC3=O)CC1. The summed E-state index contributed by atoms with van der Waals surface area (Å²) in [5.74, 6) is 0.241. The molecule has 0 spiro atoms. The number of aryl methyl sites for hydroxylation is 1. The van der Waals surface area contributed by atoms with E-state index in [0.29, 0.717) is 6.42 Å². The Labute approximate surface area is 112 Å². The van der Waals surface area contributed by atoms with Gasteiger partial charge in [0.2, 0.25) is 0 Å². The zero-order valence-electron chi connectivity index (χ0n) is 10.8. The quantitative estimate of drug-likeness (QED) is 0.776. The molecule has 1 aliphatic heterocycles. The smallest absolute Gasteiger partial charge is 0.186 e. The number of carbonyl (C=O) groups excluding carboxylic acids is 1. The van der Waals surface area contributed by atoms with Crippen molar-refractivity contribution >= 4 is 22.3 Å². The molecule has 0 amide bonds. The molecule has 0 saturated carbocycles. The molecular weight excluding hydrogens is 246 g/mol. The van der Waals surface area contributed by atoms with Crippen LogP contribution in [0.4, 0.5) is 5.13 Å². The Balaban J connectivity index is 1.82. The monoisotopic (exact) mass is 265 g/mol. The van der Waals surface area contributed by atoms with Crippen LogP contribution in [0.3, 0.4) is 0 Å². The molecule has 1 aliphatic carbocycles. The minimum atomic E-state index is 0.241. The van der Waals surface area contributed by atoms with Gasteiger partial charge >= 0.3 is 0 Å². The summed E-state index contributed by atoms with van der Waals surface area (Å²) in [4.78, 5) is 22.3. The van der Waals surface area contributed by atoms with Crippen molar-refractivity contribution in [2.75, 3.05) is 38.1 Å². The molecule has 0 radical (unpaired) electrons. The van der Waals surface area contributed by atoms with Gasteiger partial charge in [0.1, 0.15) is 5.69 Å². The predicted octanol–water partition coefficient (Wildman–Crippen LogP) is 1.80. The first-order chi connectivity index (χ1) is 8.74. The first-order valence-electron chi connectivity index (χ1n) is 6.70. The van der Waals surface area contributed by atoms with Gasteiger partial charge in [-0.2, -0.15) is 0 Å². The largest absolute Gasteiger partial charge is 0.347 e. The van der Waals surface area contributed by atoms with Gasteiger partial charge in [-0.1, -0.05) is 0 Å². The minimum absolute atomic E-state index is 0.241. The van der Waals surface area contributed by atoms with Crippen LogP contribution in [-0.2, 0) is 6.42 Å². The first kappa shape index (κ1) is 12.1. The lowest BCUT2D eigenvalue weighted by atomic mass is 10.0. The number of hydrogen-bond acceptors (Lipinski definition) is 5. The van der Waals surface area contributed by atoms with Crippen LogP contribution in [0.25, 0.3) is 0 Å². The summed E-state index contributed by atoms with van der Waals surface area (Å²) in [6, 6.07) is 0. The van der Waals surface area contributed by atoms with Crippen LogP contribution in [0.1, 0.15) is 34.6 Å². The van der Waals surface area contributed by atoms with E-state index in [1.807, 2.05) is 0 Å². The molecule has 98 valence electrons. The summed E-state index contributed by atoms with van der Waals surface area (Å²) in [5, 5.41) is 1.06. The Bertz CT molecular complexity index is 457. The molecule has 3 rings (SSSR count). The number of carbonyl (C=O) groups is 1. The molecule has 4 nitrogen and oxygen atoms in total. The highest BCUT2D eigenvalue weighted by molar-refractivity contribution is 7.16. The fourth-order valence-electron chi connectivity index (χ4n) is 2.63. The molecule has 1 aromatic heterocycles. The van der Waals surface area contributed by atoms with Gasteiger partial charge in [0.05, 0.1) is 0 Å². The van der Waals surface area contributed by atoms with Crippen LogP contribution in [0.5, 0.6) is 0 Å². The number of aromatic nitrogens is 1. The Morgan fingerprint density at radius 3 is 2.83 bits per heavy atom. The highest BCUT2D eigenvalue weighted by atomic mass is 32.1. The standard InChI is InChI=1S/C13H19N3OS/c1-15-6-3-7-16(9-8-15)13-14-12-10(17)4-2-5-11(12)18-13/h2-9H2,1H3. The van der Waals surface area contributed by atoms with Crippen LogP contribution in [0.2, 0.25) is 0 Å². The molecule has 1 fully saturated rings. The summed E-state index contributed by atoms with van der Waals surface area (Å²) in [6.07, 6.45) is 3.89. The van der Waals surface area contributed by atoms with Crippen LogP contribution in [0, 0.1) is 0 Å². The molecule has 0 atom stereocenters. The van der Waals surface area contributed by atoms with E-state index >= 15 is 0 Å². The van der Waals surface area contributed by atoms with Crippen LogP contribution < -0.4 is 4.90 Å². The zero-order chi connectivity index (χ0) is 12.5. The molecule has 18 heavy (non-hydrogen) atoms. The number of ketones is 1. The third kappa shape index (κ3) is 2.29. The van der Waals surface area contributed by atoms with E-state index in [4.69, 9.17) is 0 Å². The molecular formula is C13H19N3OS. The predicted molar refractivity (Wildman–Crippen MR) is 73.7 cm³/mol. The molecule has 1 saturated heterocycles. The van der Waals surface area contributed by atoms with Crippen molar-refractivity contribution in [3.8, 4) is 0 Å². The molecule has 0 N–H and O–H groups in total. The van der Waals surface area contributed by atoms with Crippen molar-refractivity contribution in [1.82, 2.24) is 9.88 Å². The van der Waals surface area contributed by atoms with Crippen LogP contribution in [0.15, 0.2) is 0 Å². The number of thiazole rings is 1. The maximum atomic E-state index is 11.8. The summed E-state index contributed by atoms with van der Waals surface area (Å²) < 4.78 is 0. The molecule has 2 aliphatic rings. The molecule has 2 heterocycles. The Kier molecular flexibility index (Phi) is 3.35.